The SMILES string of the molecule is Cc1ccc(C(C)N(C)C(=O)c2ccc(N)c(Br)c2)s1. The van der Waals surface area contributed by atoms with Crippen molar-refractivity contribution in [1.29, 1.82) is 0 Å². The second-order valence-electron chi connectivity index (χ2n) is 4.78. The van der Waals surface area contributed by atoms with E-state index in [1.165, 1.54) is 9.75 Å². The van der Waals surface area contributed by atoms with Gasteiger partial charge in [-0.15, -0.1) is 11.3 Å². The van der Waals surface area contributed by atoms with Crippen LogP contribution in [-0.4, -0.2) is 17.9 Å². The zero-order valence-electron chi connectivity index (χ0n) is 11.7. The molecule has 2 N–H and O–H groups in total. The molecule has 1 amide bonds. The Kier molecular flexibility index (Phi) is 4.50. The van der Waals surface area contributed by atoms with E-state index in [-0.39, 0.29) is 11.9 Å². The number of hydrogen-bond acceptors (Lipinski definition) is 3. The molecule has 1 unspecified atom stereocenters. The molecule has 20 heavy (non-hydrogen) atoms. The van der Waals surface area contributed by atoms with Gasteiger partial charge in [-0.25, -0.2) is 0 Å². The predicted molar refractivity (Wildman–Crippen MR) is 88.1 cm³/mol. The lowest BCUT2D eigenvalue weighted by atomic mass is 10.1. The van der Waals surface area contributed by atoms with Crippen LogP contribution in [0, 0.1) is 6.92 Å². The number of amides is 1. The number of carbonyl (C=O) groups is 1. The van der Waals surface area contributed by atoms with Crippen molar-refractivity contribution < 1.29 is 4.79 Å². The fraction of sp³-hybridized carbons (Fsp3) is 0.267. The van der Waals surface area contributed by atoms with Gasteiger partial charge in [-0.2, -0.15) is 0 Å². The Hall–Kier alpha value is -1.33. The molecule has 1 heterocycles. The second-order valence-corrected chi connectivity index (χ2v) is 6.95. The molecule has 0 aliphatic carbocycles. The van der Waals surface area contributed by atoms with Gasteiger partial charge < -0.3 is 10.6 Å². The molecule has 3 nitrogen and oxygen atoms in total. The summed E-state index contributed by atoms with van der Waals surface area (Å²) in [6, 6.07) is 9.47. The van der Waals surface area contributed by atoms with Crippen LogP contribution >= 0.6 is 27.3 Å². The highest BCUT2D eigenvalue weighted by atomic mass is 79.9. The number of nitrogen functional groups attached to an aromatic ring is 1. The summed E-state index contributed by atoms with van der Waals surface area (Å²) in [5.41, 5.74) is 7.01. The van der Waals surface area contributed by atoms with Crippen LogP contribution in [0.1, 0.15) is 33.1 Å². The average Bonchev–Trinajstić information content (AvgIpc) is 2.86. The number of halogens is 1. The first-order valence-electron chi connectivity index (χ1n) is 6.28. The second kappa shape index (κ2) is 5.97. The van der Waals surface area contributed by atoms with E-state index in [1.807, 2.05) is 14.0 Å². The maximum absolute atomic E-state index is 12.5. The van der Waals surface area contributed by atoms with Gasteiger partial charge in [-0.3, -0.25) is 4.79 Å². The lowest BCUT2D eigenvalue weighted by Crippen LogP contribution is -2.29. The van der Waals surface area contributed by atoms with E-state index in [9.17, 15) is 4.79 Å². The molecule has 0 bridgehead atoms. The van der Waals surface area contributed by atoms with Gasteiger partial charge in [0.1, 0.15) is 0 Å². The summed E-state index contributed by atoms with van der Waals surface area (Å²) >= 11 is 5.07. The highest BCUT2D eigenvalue weighted by Crippen LogP contribution is 2.28. The fourth-order valence-corrected chi connectivity index (χ4v) is 3.26. The number of thiophene rings is 1. The number of hydrogen-bond donors (Lipinski definition) is 1. The molecule has 0 spiro atoms. The molecule has 0 saturated heterocycles. The predicted octanol–water partition coefficient (Wildman–Crippen LogP) is 4.23. The van der Waals surface area contributed by atoms with E-state index in [0.717, 1.165) is 4.47 Å². The van der Waals surface area contributed by atoms with Crippen LogP contribution in [-0.2, 0) is 0 Å². The lowest BCUT2D eigenvalue weighted by molar-refractivity contribution is 0.0745. The van der Waals surface area contributed by atoms with Gasteiger partial charge in [-0.05, 0) is 60.1 Å². The number of aryl methyl sites for hydroxylation is 1. The van der Waals surface area contributed by atoms with Gasteiger partial charge in [0.05, 0.1) is 6.04 Å². The van der Waals surface area contributed by atoms with E-state index in [0.29, 0.717) is 11.3 Å². The first kappa shape index (κ1) is 15.1. The molecule has 0 saturated carbocycles. The van der Waals surface area contributed by atoms with Gasteiger partial charge in [0.2, 0.25) is 0 Å². The van der Waals surface area contributed by atoms with Crippen LogP contribution in [0.5, 0.6) is 0 Å². The van der Waals surface area contributed by atoms with E-state index in [4.69, 9.17) is 5.73 Å². The number of carbonyl (C=O) groups excluding carboxylic acids is 1. The molecule has 5 heteroatoms. The third-order valence-corrected chi connectivity index (χ3v) is 5.18. The smallest absolute Gasteiger partial charge is 0.254 e. The Morgan fingerprint density at radius 2 is 2.05 bits per heavy atom. The minimum absolute atomic E-state index is 0.00995. The normalized spacial score (nSPS) is 12.2. The molecule has 0 aliphatic rings. The van der Waals surface area contributed by atoms with Crippen LogP contribution in [0.15, 0.2) is 34.8 Å². The zero-order chi connectivity index (χ0) is 14.9. The molecule has 1 atom stereocenters. The molecule has 1 aromatic heterocycles. The van der Waals surface area contributed by atoms with Crippen LogP contribution in [0.25, 0.3) is 0 Å². The summed E-state index contributed by atoms with van der Waals surface area (Å²) in [4.78, 5) is 16.7. The first-order chi connectivity index (χ1) is 9.40. The Bertz CT molecular complexity index is 639. The molecule has 1 aromatic carbocycles. The molecule has 2 aromatic rings. The Balaban J connectivity index is 2.21. The molecule has 2 rings (SSSR count). The standard InChI is InChI=1S/C15H17BrN2OS/c1-9-4-7-14(20-9)10(2)18(3)15(19)11-5-6-13(17)12(16)8-11/h4-8,10H,17H2,1-3H3. The van der Waals surface area contributed by atoms with Gasteiger partial charge in [0, 0.05) is 32.5 Å². The Labute approximate surface area is 131 Å². The van der Waals surface area contributed by atoms with Crippen molar-refractivity contribution in [2.24, 2.45) is 0 Å². The van der Waals surface area contributed by atoms with E-state index < -0.39 is 0 Å². The Morgan fingerprint density at radius 3 is 2.60 bits per heavy atom. The molecular formula is C15H17BrN2OS. The molecule has 0 aliphatic heterocycles. The fourth-order valence-electron chi connectivity index (χ4n) is 1.91. The topological polar surface area (TPSA) is 46.3 Å². The molecular weight excluding hydrogens is 336 g/mol. The van der Waals surface area contributed by atoms with Crippen molar-refractivity contribution in [2.45, 2.75) is 19.9 Å². The molecule has 0 radical (unpaired) electrons. The number of benzene rings is 1. The van der Waals surface area contributed by atoms with E-state index in [1.54, 1.807) is 34.4 Å². The van der Waals surface area contributed by atoms with Crippen LogP contribution in [0.2, 0.25) is 0 Å². The number of nitrogens with zero attached hydrogens (tertiary/aromatic N) is 1. The van der Waals surface area contributed by atoms with Gasteiger partial charge in [0.25, 0.3) is 5.91 Å². The summed E-state index contributed by atoms with van der Waals surface area (Å²) in [7, 11) is 1.83. The third kappa shape index (κ3) is 3.04. The summed E-state index contributed by atoms with van der Waals surface area (Å²) in [6.45, 7) is 4.11. The average molecular weight is 353 g/mol. The van der Waals surface area contributed by atoms with Gasteiger partial charge in [0.15, 0.2) is 0 Å². The third-order valence-electron chi connectivity index (χ3n) is 3.32. The van der Waals surface area contributed by atoms with Crippen molar-refractivity contribution in [1.82, 2.24) is 4.90 Å². The monoisotopic (exact) mass is 352 g/mol. The maximum atomic E-state index is 12.5. The number of nitrogens with two attached hydrogens (primary N) is 1. The first-order valence-corrected chi connectivity index (χ1v) is 7.89. The summed E-state index contributed by atoms with van der Waals surface area (Å²) in [6.07, 6.45) is 0. The zero-order valence-corrected chi connectivity index (χ0v) is 14.1. The highest BCUT2D eigenvalue weighted by Gasteiger charge is 2.20. The molecule has 106 valence electrons. The van der Waals surface area contributed by atoms with Crippen molar-refractivity contribution in [3.63, 3.8) is 0 Å². The summed E-state index contributed by atoms with van der Waals surface area (Å²) in [5, 5.41) is 0. The van der Waals surface area contributed by atoms with Crippen LogP contribution in [0.4, 0.5) is 5.69 Å². The quantitative estimate of drug-likeness (QED) is 0.840. The summed E-state index contributed by atoms with van der Waals surface area (Å²) in [5.74, 6) is -0.00995. The van der Waals surface area contributed by atoms with E-state index in [2.05, 4.69) is 35.0 Å². The number of anilines is 1. The van der Waals surface area contributed by atoms with Gasteiger partial charge >= 0.3 is 0 Å². The van der Waals surface area contributed by atoms with E-state index >= 15 is 0 Å². The minimum atomic E-state index is -0.00995. The summed E-state index contributed by atoms with van der Waals surface area (Å²) < 4.78 is 0.747. The molecule has 0 fully saturated rings. The van der Waals surface area contributed by atoms with Crippen LogP contribution < -0.4 is 5.73 Å². The maximum Gasteiger partial charge on any atom is 0.254 e. The van der Waals surface area contributed by atoms with Crippen molar-refractivity contribution >= 4 is 38.9 Å². The highest BCUT2D eigenvalue weighted by molar-refractivity contribution is 9.10. The largest absolute Gasteiger partial charge is 0.398 e. The van der Waals surface area contributed by atoms with Crippen molar-refractivity contribution in [3.05, 3.63) is 50.1 Å². The van der Waals surface area contributed by atoms with Gasteiger partial charge in [-0.1, -0.05) is 0 Å². The minimum Gasteiger partial charge on any atom is -0.398 e. The Morgan fingerprint density at radius 1 is 1.35 bits per heavy atom. The van der Waals surface area contributed by atoms with Crippen molar-refractivity contribution in [2.75, 3.05) is 12.8 Å². The van der Waals surface area contributed by atoms with Crippen molar-refractivity contribution in [3.8, 4) is 0 Å². The lowest BCUT2D eigenvalue weighted by Gasteiger charge is -2.24. The number of rotatable bonds is 3. The van der Waals surface area contributed by atoms with Crippen LogP contribution in [0.3, 0.4) is 0 Å².